The Morgan fingerprint density at radius 3 is 2.57 bits per heavy atom. The number of rotatable bonds is 4. The summed E-state index contributed by atoms with van der Waals surface area (Å²) < 4.78 is 1.01. The zero-order valence-corrected chi connectivity index (χ0v) is 13.1. The van der Waals surface area contributed by atoms with Gasteiger partial charge in [-0.3, -0.25) is 9.59 Å². The number of hydrogen-bond acceptors (Lipinski definition) is 4. The van der Waals surface area contributed by atoms with Crippen molar-refractivity contribution < 1.29 is 9.59 Å². The van der Waals surface area contributed by atoms with Crippen LogP contribution in [0.1, 0.15) is 29.1 Å². The number of benzene rings is 1. The van der Waals surface area contributed by atoms with Gasteiger partial charge in [0.25, 0.3) is 5.91 Å². The van der Waals surface area contributed by atoms with Crippen LogP contribution in [0.15, 0.2) is 18.2 Å². The number of hydrogen-bond donors (Lipinski definition) is 3. The Hall–Kier alpha value is -2.08. The molecule has 0 unspecified atom stereocenters. The summed E-state index contributed by atoms with van der Waals surface area (Å²) in [4.78, 5) is 24.0. The van der Waals surface area contributed by atoms with Gasteiger partial charge in [-0.15, -0.1) is 11.3 Å². The summed E-state index contributed by atoms with van der Waals surface area (Å²) in [7, 11) is 0. The third kappa shape index (κ3) is 2.85. The van der Waals surface area contributed by atoms with Crippen molar-refractivity contribution in [2.24, 2.45) is 11.1 Å². The molecule has 1 aromatic heterocycles. The maximum Gasteiger partial charge on any atom is 0.263 e. The molecule has 0 radical (unpaired) electrons. The van der Waals surface area contributed by atoms with E-state index in [1.807, 2.05) is 25.1 Å². The lowest BCUT2D eigenvalue weighted by molar-refractivity contribution is -0.125. The van der Waals surface area contributed by atoms with E-state index in [2.05, 4.69) is 5.32 Å². The maximum atomic E-state index is 12.3. The standard InChI is InChI=1S/C15H19N3O2S/c1-8-5-4-6-9-10(16)12(21-11(8)9)13(19)18-7-15(2,3)14(17)20/h4-6H,7,16H2,1-3H3,(H2,17,20)(H,18,19). The summed E-state index contributed by atoms with van der Waals surface area (Å²) in [5, 5.41) is 3.62. The van der Waals surface area contributed by atoms with Crippen molar-refractivity contribution in [1.82, 2.24) is 5.32 Å². The van der Waals surface area contributed by atoms with Crippen molar-refractivity contribution in [1.29, 1.82) is 0 Å². The Morgan fingerprint density at radius 2 is 2.00 bits per heavy atom. The normalized spacial score (nSPS) is 11.6. The van der Waals surface area contributed by atoms with Crippen molar-refractivity contribution in [3.8, 4) is 0 Å². The van der Waals surface area contributed by atoms with E-state index < -0.39 is 11.3 Å². The molecule has 21 heavy (non-hydrogen) atoms. The highest BCUT2D eigenvalue weighted by atomic mass is 32.1. The zero-order valence-electron chi connectivity index (χ0n) is 12.3. The van der Waals surface area contributed by atoms with E-state index in [-0.39, 0.29) is 12.5 Å². The number of primary amides is 1. The van der Waals surface area contributed by atoms with Crippen LogP contribution in [0.25, 0.3) is 10.1 Å². The number of fused-ring (bicyclic) bond motifs is 1. The lowest BCUT2D eigenvalue weighted by atomic mass is 9.93. The van der Waals surface area contributed by atoms with Crippen LogP contribution in [-0.4, -0.2) is 18.4 Å². The molecular formula is C15H19N3O2S. The predicted octanol–water partition coefficient (Wildman–Crippen LogP) is 2.03. The van der Waals surface area contributed by atoms with E-state index in [1.165, 1.54) is 11.3 Å². The van der Waals surface area contributed by atoms with Crippen LogP contribution in [0.5, 0.6) is 0 Å². The zero-order chi connectivity index (χ0) is 15.8. The minimum absolute atomic E-state index is 0.174. The van der Waals surface area contributed by atoms with Gasteiger partial charge in [-0.2, -0.15) is 0 Å². The Morgan fingerprint density at radius 1 is 1.33 bits per heavy atom. The lowest BCUT2D eigenvalue weighted by Gasteiger charge is -2.20. The molecule has 0 atom stereocenters. The quantitative estimate of drug-likeness (QED) is 0.806. The summed E-state index contributed by atoms with van der Waals surface area (Å²) in [5.41, 5.74) is 12.1. The monoisotopic (exact) mass is 305 g/mol. The molecule has 2 aromatic rings. The average Bonchev–Trinajstić information content (AvgIpc) is 2.75. The number of aryl methyl sites for hydroxylation is 1. The van der Waals surface area contributed by atoms with Crippen LogP contribution < -0.4 is 16.8 Å². The summed E-state index contributed by atoms with van der Waals surface area (Å²) in [6.07, 6.45) is 0. The summed E-state index contributed by atoms with van der Waals surface area (Å²) in [6, 6.07) is 5.80. The van der Waals surface area contributed by atoms with Crippen LogP contribution in [0.2, 0.25) is 0 Å². The van der Waals surface area contributed by atoms with Crippen LogP contribution in [-0.2, 0) is 4.79 Å². The minimum atomic E-state index is -0.795. The smallest absolute Gasteiger partial charge is 0.263 e. The van der Waals surface area contributed by atoms with E-state index in [1.54, 1.807) is 13.8 Å². The van der Waals surface area contributed by atoms with E-state index >= 15 is 0 Å². The number of amides is 2. The van der Waals surface area contributed by atoms with Gasteiger partial charge < -0.3 is 16.8 Å². The molecule has 0 aliphatic heterocycles. The number of nitrogen functional groups attached to an aromatic ring is 1. The highest BCUT2D eigenvalue weighted by molar-refractivity contribution is 7.21. The van der Waals surface area contributed by atoms with Crippen LogP contribution >= 0.6 is 11.3 Å². The van der Waals surface area contributed by atoms with E-state index in [4.69, 9.17) is 11.5 Å². The minimum Gasteiger partial charge on any atom is -0.397 e. The van der Waals surface area contributed by atoms with E-state index in [0.717, 1.165) is 15.6 Å². The van der Waals surface area contributed by atoms with Gasteiger partial charge in [0.2, 0.25) is 5.91 Å². The number of nitrogens with one attached hydrogen (secondary N) is 1. The predicted molar refractivity (Wildman–Crippen MR) is 86.3 cm³/mol. The highest BCUT2D eigenvalue weighted by Crippen LogP contribution is 2.35. The highest BCUT2D eigenvalue weighted by Gasteiger charge is 2.26. The molecule has 2 amide bonds. The number of thiophene rings is 1. The number of anilines is 1. The molecule has 0 bridgehead atoms. The Labute approximate surface area is 127 Å². The molecule has 6 heteroatoms. The number of carbonyl (C=O) groups is 2. The van der Waals surface area contributed by atoms with Gasteiger partial charge >= 0.3 is 0 Å². The summed E-state index contributed by atoms with van der Waals surface area (Å²) in [5.74, 6) is -0.731. The molecule has 1 aromatic carbocycles. The largest absolute Gasteiger partial charge is 0.397 e. The fourth-order valence-corrected chi connectivity index (χ4v) is 3.02. The van der Waals surface area contributed by atoms with Gasteiger partial charge in [0.05, 0.1) is 11.1 Å². The van der Waals surface area contributed by atoms with E-state index in [9.17, 15) is 9.59 Å². The van der Waals surface area contributed by atoms with Gasteiger partial charge in [0, 0.05) is 16.6 Å². The van der Waals surface area contributed by atoms with Crippen LogP contribution in [0.3, 0.4) is 0 Å². The average molecular weight is 305 g/mol. The molecule has 0 aliphatic rings. The number of carbonyl (C=O) groups excluding carboxylic acids is 2. The molecule has 0 aliphatic carbocycles. The van der Waals surface area contributed by atoms with Crippen molar-refractivity contribution in [3.63, 3.8) is 0 Å². The molecule has 5 N–H and O–H groups in total. The second kappa shape index (κ2) is 5.37. The van der Waals surface area contributed by atoms with Gasteiger partial charge in [0.1, 0.15) is 4.88 Å². The molecular weight excluding hydrogens is 286 g/mol. The molecule has 1 heterocycles. The third-order valence-corrected chi connectivity index (χ3v) is 4.87. The first kappa shape index (κ1) is 15.3. The van der Waals surface area contributed by atoms with Gasteiger partial charge in [0.15, 0.2) is 0 Å². The van der Waals surface area contributed by atoms with Gasteiger partial charge in [-0.05, 0) is 26.3 Å². The molecule has 5 nitrogen and oxygen atoms in total. The van der Waals surface area contributed by atoms with Crippen molar-refractivity contribution in [2.75, 3.05) is 12.3 Å². The first-order valence-electron chi connectivity index (χ1n) is 6.59. The van der Waals surface area contributed by atoms with E-state index in [0.29, 0.717) is 10.6 Å². The second-order valence-electron chi connectivity index (χ2n) is 5.73. The molecule has 0 spiro atoms. The first-order valence-corrected chi connectivity index (χ1v) is 7.41. The lowest BCUT2D eigenvalue weighted by Crippen LogP contribution is -2.42. The molecule has 0 saturated carbocycles. The SMILES string of the molecule is Cc1cccc2c(N)c(C(=O)NCC(C)(C)C(N)=O)sc12. The summed E-state index contributed by atoms with van der Waals surface area (Å²) in [6.45, 7) is 5.53. The first-order chi connectivity index (χ1) is 9.74. The number of nitrogens with two attached hydrogens (primary N) is 2. The fraction of sp³-hybridized carbons (Fsp3) is 0.333. The molecule has 112 valence electrons. The Kier molecular flexibility index (Phi) is 3.91. The van der Waals surface area contributed by atoms with Gasteiger partial charge in [-0.1, -0.05) is 18.2 Å². The second-order valence-corrected chi connectivity index (χ2v) is 6.75. The Bertz CT molecular complexity index is 719. The molecule has 0 saturated heterocycles. The molecule has 2 rings (SSSR count). The van der Waals surface area contributed by atoms with Crippen molar-refractivity contribution in [3.05, 3.63) is 28.6 Å². The third-order valence-electron chi connectivity index (χ3n) is 3.51. The fourth-order valence-electron chi connectivity index (χ4n) is 1.92. The van der Waals surface area contributed by atoms with Crippen LogP contribution in [0.4, 0.5) is 5.69 Å². The van der Waals surface area contributed by atoms with Crippen LogP contribution in [0, 0.1) is 12.3 Å². The topological polar surface area (TPSA) is 98.2 Å². The maximum absolute atomic E-state index is 12.3. The van der Waals surface area contributed by atoms with Gasteiger partial charge in [-0.25, -0.2) is 0 Å². The molecule has 0 fully saturated rings. The Balaban J connectivity index is 2.27. The van der Waals surface area contributed by atoms with Crippen molar-refractivity contribution in [2.45, 2.75) is 20.8 Å². The van der Waals surface area contributed by atoms with Crippen molar-refractivity contribution >= 4 is 38.9 Å². The summed E-state index contributed by atoms with van der Waals surface area (Å²) >= 11 is 1.36.